The molecule has 1 heterocycles. The first-order chi connectivity index (χ1) is 16.4. The molecule has 0 saturated carbocycles. The minimum absolute atomic E-state index is 0.149. The molecule has 0 bridgehead atoms. The predicted octanol–water partition coefficient (Wildman–Crippen LogP) is 6.14. The van der Waals surface area contributed by atoms with E-state index in [0.717, 1.165) is 36.6 Å². The van der Waals surface area contributed by atoms with E-state index in [-0.39, 0.29) is 17.9 Å². The maximum atomic E-state index is 9.62. The van der Waals surface area contributed by atoms with E-state index in [4.69, 9.17) is 21.1 Å². The minimum atomic E-state index is -0.656. The van der Waals surface area contributed by atoms with Gasteiger partial charge in [0.05, 0.1) is 12.5 Å². The summed E-state index contributed by atoms with van der Waals surface area (Å²) in [6, 6.07) is 14.7. The first-order valence-electron chi connectivity index (χ1n) is 12.4. The highest BCUT2D eigenvalue weighted by Gasteiger charge is 2.24. The number of hydrogen-bond acceptors (Lipinski definition) is 5. The Morgan fingerprint density at radius 2 is 1.68 bits per heavy atom. The molecule has 4 nitrogen and oxygen atoms in total. The standard InChI is InChI=1S/C26H36ClNO3S.C2H6/c1-20-17-22(7-10-25(20)31-19-23(29)18-27)26(2,3)21-5-8-24(9-6-21)30-14-4-11-28-12-15-32-16-13-28;1-2/h5-10,17,23,29H,4,11-16,18-19H2,1-3H3;1-2H3. The third-order valence-electron chi connectivity index (χ3n) is 6.07. The normalized spacial score (nSPS) is 15.3. The van der Waals surface area contributed by atoms with Crippen molar-refractivity contribution >= 4 is 23.4 Å². The number of halogens is 1. The van der Waals surface area contributed by atoms with Crippen molar-refractivity contribution < 1.29 is 14.6 Å². The Morgan fingerprint density at radius 1 is 1.03 bits per heavy atom. The van der Waals surface area contributed by atoms with Crippen LogP contribution < -0.4 is 9.47 Å². The lowest BCUT2D eigenvalue weighted by Crippen LogP contribution is -2.33. The number of rotatable bonds is 11. The van der Waals surface area contributed by atoms with Crippen LogP contribution in [-0.2, 0) is 5.41 Å². The molecule has 0 spiro atoms. The van der Waals surface area contributed by atoms with Crippen LogP contribution in [0.1, 0.15) is 50.8 Å². The van der Waals surface area contributed by atoms with E-state index in [9.17, 15) is 5.11 Å². The van der Waals surface area contributed by atoms with Gasteiger partial charge in [-0.15, -0.1) is 11.6 Å². The van der Waals surface area contributed by atoms with Crippen LogP contribution >= 0.6 is 23.4 Å². The third kappa shape index (κ3) is 8.67. The molecule has 0 radical (unpaired) electrons. The highest BCUT2D eigenvalue weighted by atomic mass is 35.5. The number of hydrogen-bond donors (Lipinski definition) is 1. The van der Waals surface area contributed by atoms with Crippen LogP contribution in [0.2, 0.25) is 0 Å². The van der Waals surface area contributed by atoms with E-state index in [1.807, 2.05) is 38.6 Å². The van der Waals surface area contributed by atoms with Crippen LogP contribution in [-0.4, -0.2) is 66.3 Å². The van der Waals surface area contributed by atoms with E-state index >= 15 is 0 Å². The zero-order valence-corrected chi connectivity index (χ0v) is 23.1. The highest BCUT2D eigenvalue weighted by molar-refractivity contribution is 7.99. The zero-order valence-electron chi connectivity index (χ0n) is 21.5. The van der Waals surface area contributed by atoms with Gasteiger partial charge in [0.25, 0.3) is 0 Å². The molecule has 1 fully saturated rings. The first kappa shape index (κ1) is 28.8. The summed E-state index contributed by atoms with van der Waals surface area (Å²) in [4.78, 5) is 2.53. The fourth-order valence-corrected chi connectivity index (χ4v) is 4.94. The number of aliphatic hydroxyl groups excluding tert-OH is 1. The molecule has 1 aliphatic heterocycles. The van der Waals surface area contributed by atoms with E-state index in [1.54, 1.807) is 0 Å². The molecule has 1 N–H and O–H groups in total. The number of nitrogens with zero attached hydrogens (tertiary/aromatic N) is 1. The molecule has 34 heavy (non-hydrogen) atoms. The summed E-state index contributed by atoms with van der Waals surface area (Å²) in [7, 11) is 0. The highest BCUT2D eigenvalue weighted by Crippen LogP contribution is 2.34. The summed E-state index contributed by atoms with van der Waals surface area (Å²) in [5.74, 6) is 4.38. The molecular formula is C28H42ClNO3S. The third-order valence-corrected chi connectivity index (χ3v) is 7.37. The second-order valence-electron chi connectivity index (χ2n) is 8.90. The van der Waals surface area contributed by atoms with Gasteiger partial charge in [-0.2, -0.15) is 11.8 Å². The SMILES string of the molecule is CC.Cc1cc(C(C)(C)c2ccc(OCCCN3CCSCC3)cc2)ccc1OCC(O)CCl. The zero-order chi connectivity index (χ0) is 25.0. The molecule has 2 aromatic carbocycles. The van der Waals surface area contributed by atoms with Gasteiger partial charge in [-0.25, -0.2) is 0 Å². The number of benzene rings is 2. The van der Waals surface area contributed by atoms with Gasteiger partial charge in [-0.05, 0) is 48.2 Å². The van der Waals surface area contributed by atoms with E-state index in [1.165, 1.54) is 35.7 Å². The van der Waals surface area contributed by atoms with Gasteiger partial charge in [0.15, 0.2) is 0 Å². The van der Waals surface area contributed by atoms with Crippen LogP contribution in [0.5, 0.6) is 11.5 Å². The lowest BCUT2D eigenvalue weighted by Gasteiger charge is -2.27. The first-order valence-corrected chi connectivity index (χ1v) is 14.1. The average Bonchev–Trinajstić information content (AvgIpc) is 2.87. The Labute approximate surface area is 216 Å². The maximum absolute atomic E-state index is 9.62. The Hall–Kier alpha value is -1.40. The molecule has 0 amide bonds. The maximum Gasteiger partial charge on any atom is 0.122 e. The molecule has 0 aliphatic carbocycles. The Bertz CT molecular complexity index is 838. The number of thioether (sulfide) groups is 1. The summed E-state index contributed by atoms with van der Waals surface area (Å²) >= 11 is 7.70. The minimum Gasteiger partial charge on any atom is -0.494 e. The van der Waals surface area contributed by atoms with Crippen molar-refractivity contribution in [1.29, 1.82) is 0 Å². The summed E-state index contributed by atoms with van der Waals surface area (Å²) in [5, 5.41) is 9.62. The molecular weight excluding hydrogens is 466 g/mol. The predicted molar refractivity (Wildman–Crippen MR) is 147 cm³/mol. The fraction of sp³-hybridized carbons (Fsp3) is 0.571. The summed E-state index contributed by atoms with van der Waals surface area (Å²) in [6.45, 7) is 15.0. The van der Waals surface area contributed by atoms with Crippen molar-refractivity contribution in [3.63, 3.8) is 0 Å². The molecule has 0 aromatic heterocycles. The second-order valence-corrected chi connectivity index (χ2v) is 10.4. The number of alkyl halides is 1. The lowest BCUT2D eigenvalue weighted by atomic mass is 9.77. The summed E-state index contributed by atoms with van der Waals surface area (Å²) in [6.07, 6.45) is 0.407. The van der Waals surface area contributed by atoms with Gasteiger partial charge < -0.3 is 19.5 Å². The van der Waals surface area contributed by atoms with E-state index in [2.05, 4.69) is 55.1 Å². The second kappa shape index (κ2) is 14.9. The number of ether oxygens (including phenoxy) is 2. The lowest BCUT2D eigenvalue weighted by molar-refractivity contribution is 0.125. The van der Waals surface area contributed by atoms with Crippen LogP contribution in [0, 0.1) is 6.92 Å². The fourth-order valence-electron chi connectivity index (χ4n) is 3.87. The van der Waals surface area contributed by atoms with Gasteiger partial charge in [0.2, 0.25) is 0 Å². The van der Waals surface area contributed by atoms with Crippen LogP contribution in [0.4, 0.5) is 0 Å². The molecule has 1 unspecified atom stereocenters. The van der Waals surface area contributed by atoms with Gasteiger partial charge in [-0.3, -0.25) is 0 Å². The van der Waals surface area contributed by atoms with Crippen molar-refractivity contribution in [2.45, 2.75) is 52.6 Å². The smallest absolute Gasteiger partial charge is 0.122 e. The number of aliphatic hydroxyl groups is 1. The van der Waals surface area contributed by atoms with Crippen LogP contribution in [0.3, 0.4) is 0 Å². The average molecular weight is 508 g/mol. The van der Waals surface area contributed by atoms with Crippen molar-refractivity contribution in [2.75, 3.05) is 50.2 Å². The van der Waals surface area contributed by atoms with Gasteiger partial charge in [-0.1, -0.05) is 52.0 Å². The number of aryl methyl sites for hydroxylation is 1. The molecule has 1 aliphatic rings. The summed E-state index contributed by atoms with van der Waals surface area (Å²) in [5.41, 5.74) is 3.35. The molecule has 6 heteroatoms. The topological polar surface area (TPSA) is 41.9 Å². The Balaban J connectivity index is 0.00000199. The summed E-state index contributed by atoms with van der Waals surface area (Å²) < 4.78 is 11.7. The van der Waals surface area contributed by atoms with Gasteiger partial charge in [0, 0.05) is 36.6 Å². The van der Waals surface area contributed by atoms with Crippen molar-refractivity contribution in [2.24, 2.45) is 0 Å². The Kier molecular flexibility index (Phi) is 12.6. The van der Waals surface area contributed by atoms with Crippen LogP contribution in [0.15, 0.2) is 42.5 Å². The molecule has 3 rings (SSSR count). The van der Waals surface area contributed by atoms with Gasteiger partial charge >= 0.3 is 0 Å². The van der Waals surface area contributed by atoms with Crippen molar-refractivity contribution in [3.05, 3.63) is 59.2 Å². The molecule has 1 saturated heterocycles. The van der Waals surface area contributed by atoms with Gasteiger partial charge in [0.1, 0.15) is 24.2 Å². The molecule has 1 atom stereocenters. The molecule has 2 aromatic rings. The van der Waals surface area contributed by atoms with Crippen molar-refractivity contribution in [1.82, 2.24) is 4.90 Å². The van der Waals surface area contributed by atoms with E-state index < -0.39 is 6.10 Å². The monoisotopic (exact) mass is 507 g/mol. The largest absolute Gasteiger partial charge is 0.494 e. The van der Waals surface area contributed by atoms with Crippen molar-refractivity contribution in [3.8, 4) is 11.5 Å². The van der Waals surface area contributed by atoms with E-state index in [0.29, 0.717) is 0 Å². The Morgan fingerprint density at radius 3 is 2.29 bits per heavy atom. The van der Waals surface area contributed by atoms with Crippen LogP contribution in [0.25, 0.3) is 0 Å². The quantitative estimate of drug-likeness (QED) is 0.292. The molecule has 190 valence electrons.